The van der Waals surface area contributed by atoms with Crippen molar-refractivity contribution in [2.75, 3.05) is 13.1 Å². The molecule has 25 heavy (non-hydrogen) atoms. The van der Waals surface area contributed by atoms with Crippen LogP contribution in [0.15, 0.2) is 46.9 Å². The monoisotopic (exact) mass is 441 g/mol. The maximum atomic E-state index is 12.7. The van der Waals surface area contributed by atoms with Crippen molar-refractivity contribution < 1.29 is 9.53 Å². The van der Waals surface area contributed by atoms with E-state index in [2.05, 4.69) is 15.9 Å². The van der Waals surface area contributed by atoms with Gasteiger partial charge in [-0.3, -0.25) is 4.79 Å². The minimum absolute atomic E-state index is 0.0319. The summed E-state index contributed by atoms with van der Waals surface area (Å²) in [6, 6.07) is 13.1. The molecular weight excluding hydrogens is 425 g/mol. The molecule has 1 aliphatic rings. The summed E-state index contributed by atoms with van der Waals surface area (Å²) in [7, 11) is 0. The van der Waals surface area contributed by atoms with Gasteiger partial charge in [0.15, 0.2) is 0 Å². The number of rotatable bonds is 4. The summed E-state index contributed by atoms with van der Waals surface area (Å²) in [6.07, 6.45) is 1.93. The Balaban J connectivity index is 1.59. The fourth-order valence-electron chi connectivity index (χ4n) is 2.87. The molecule has 132 valence electrons. The number of nitrogens with zero attached hydrogens (tertiary/aromatic N) is 1. The number of likely N-dealkylation sites (tertiary alicyclic amines) is 1. The number of amides is 1. The maximum absolute atomic E-state index is 12.7. The van der Waals surface area contributed by atoms with Crippen LogP contribution in [-0.4, -0.2) is 30.0 Å². The molecule has 0 aromatic heterocycles. The maximum Gasteiger partial charge on any atom is 0.253 e. The van der Waals surface area contributed by atoms with E-state index in [-0.39, 0.29) is 12.0 Å². The van der Waals surface area contributed by atoms with Crippen molar-refractivity contribution in [1.82, 2.24) is 4.90 Å². The lowest BCUT2D eigenvalue weighted by molar-refractivity contribution is -0.00673. The van der Waals surface area contributed by atoms with E-state index in [9.17, 15) is 4.79 Å². The molecule has 1 atom stereocenters. The third-order valence-corrected chi connectivity index (χ3v) is 5.50. The van der Waals surface area contributed by atoms with Crippen LogP contribution in [0.25, 0.3) is 0 Å². The molecule has 1 saturated heterocycles. The van der Waals surface area contributed by atoms with Crippen LogP contribution in [0.4, 0.5) is 0 Å². The van der Waals surface area contributed by atoms with Gasteiger partial charge in [0.2, 0.25) is 0 Å². The highest BCUT2D eigenvalue weighted by molar-refractivity contribution is 9.10. The molecule has 0 saturated carbocycles. The second-order valence-corrected chi connectivity index (χ2v) is 7.81. The van der Waals surface area contributed by atoms with Gasteiger partial charge < -0.3 is 9.64 Å². The highest BCUT2D eigenvalue weighted by atomic mass is 79.9. The van der Waals surface area contributed by atoms with Crippen LogP contribution < -0.4 is 0 Å². The average Bonchev–Trinajstić information content (AvgIpc) is 2.63. The molecule has 1 heterocycles. The number of halogens is 3. The van der Waals surface area contributed by atoms with E-state index in [1.54, 1.807) is 18.2 Å². The van der Waals surface area contributed by atoms with Gasteiger partial charge in [0.05, 0.1) is 22.8 Å². The Morgan fingerprint density at radius 1 is 1.16 bits per heavy atom. The molecule has 1 aliphatic heterocycles. The molecule has 1 amide bonds. The molecule has 0 N–H and O–H groups in total. The van der Waals surface area contributed by atoms with Gasteiger partial charge in [0, 0.05) is 23.1 Å². The number of carbonyl (C=O) groups excluding carboxylic acids is 1. The van der Waals surface area contributed by atoms with Gasteiger partial charge in [-0.15, -0.1) is 0 Å². The Kier molecular flexibility index (Phi) is 6.39. The molecule has 1 fully saturated rings. The van der Waals surface area contributed by atoms with E-state index in [4.69, 9.17) is 27.9 Å². The van der Waals surface area contributed by atoms with Crippen molar-refractivity contribution in [3.05, 3.63) is 68.1 Å². The normalized spacial score (nSPS) is 17.6. The van der Waals surface area contributed by atoms with Gasteiger partial charge in [0.1, 0.15) is 0 Å². The predicted octanol–water partition coefficient (Wildman–Crippen LogP) is 5.58. The Labute approximate surface area is 166 Å². The summed E-state index contributed by atoms with van der Waals surface area (Å²) in [6.45, 7) is 1.87. The topological polar surface area (TPSA) is 29.5 Å². The number of hydrogen-bond donors (Lipinski definition) is 0. The van der Waals surface area contributed by atoms with Crippen molar-refractivity contribution >= 4 is 45.0 Å². The summed E-state index contributed by atoms with van der Waals surface area (Å²) in [5.41, 5.74) is 1.68. The molecule has 0 spiro atoms. The molecule has 0 aliphatic carbocycles. The van der Waals surface area contributed by atoms with Crippen LogP contribution in [0.2, 0.25) is 10.0 Å². The van der Waals surface area contributed by atoms with Crippen LogP contribution in [0, 0.1) is 0 Å². The van der Waals surface area contributed by atoms with Gasteiger partial charge in [-0.25, -0.2) is 0 Å². The Bertz CT molecular complexity index is 752. The minimum Gasteiger partial charge on any atom is -0.372 e. The van der Waals surface area contributed by atoms with Crippen LogP contribution in [-0.2, 0) is 11.3 Å². The largest absolute Gasteiger partial charge is 0.372 e. The number of piperidine rings is 1. The summed E-state index contributed by atoms with van der Waals surface area (Å²) in [5, 5.41) is 0.847. The lowest BCUT2D eigenvalue weighted by Gasteiger charge is -2.32. The van der Waals surface area contributed by atoms with E-state index in [1.165, 1.54) is 0 Å². The Morgan fingerprint density at radius 3 is 2.64 bits per heavy atom. The number of carbonyl (C=O) groups is 1. The summed E-state index contributed by atoms with van der Waals surface area (Å²) >= 11 is 15.4. The molecule has 2 aromatic carbocycles. The third kappa shape index (κ3) is 4.98. The zero-order chi connectivity index (χ0) is 17.8. The standard InChI is InChI=1S/C19H18BrCl2NO2/c20-15-6-3-13(4-7-15)12-25-16-2-1-9-23(11-16)19(24)14-5-8-17(21)18(22)10-14/h3-8,10,16H,1-2,9,11-12H2/t16-/m1/s1. The molecular formula is C19H18BrCl2NO2. The second-order valence-electron chi connectivity index (χ2n) is 6.08. The van der Waals surface area contributed by atoms with Gasteiger partial charge in [-0.05, 0) is 48.7 Å². The molecule has 3 rings (SSSR count). The van der Waals surface area contributed by atoms with Crippen LogP contribution >= 0.6 is 39.1 Å². The quantitative estimate of drug-likeness (QED) is 0.618. The van der Waals surface area contributed by atoms with Gasteiger partial charge >= 0.3 is 0 Å². The Morgan fingerprint density at radius 2 is 1.92 bits per heavy atom. The number of hydrogen-bond acceptors (Lipinski definition) is 2. The first kappa shape index (κ1) is 18.7. The first-order valence-corrected chi connectivity index (χ1v) is 9.68. The SMILES string of the molecule is O=C(c1ccc(Cl)c(Cl)c1)N1CCC[C@@H](OCc2ccc(Br)cc2)C1. The van der Waals surface area contributed by atoms with Crippen molar-refractivity contribution in [1.29, 1.82) is 0 Å². The smallest absolute Gasteiger partial charge is 0.253 e. The highest BCUT2D eigenvalue weighted by Crippen LogP contribution is 2.24. The van der Waals surface area contributed by atoms with Crippen molar-refractivity contribution in [2.45, 2.75) is 25.6 Å². The summed E-state index contributed by atoms with van der Waals surface area (Å²) in [4.78, 5) is 14.5. The van der Waals surface area contributed by atoms with Gasteiger partial charge in [-0.1, -0.05) is 51.3 Å². The lowest BCUT2D eigenvalue weighted by atomic mass is 10.1. The second kappa shape index (κ2) is 8.54. The van der Waals surface area contributed by atoms with Gasteiger partial charge in [-0.2, -0.15) is 0 Å². The third-order valence-electron chi connectivity index (χ3n) is 4.23. The molecule has 0 bridgehead atoms. The van der Waals surface area contributed by atoms with Crippen LogP contribution in [0.1, 0.15) is 28.8 Å². The Hall–Kier alpha value is -1.07. The predicted molar refractivity (Wildman–Crippen MR) is 104 cm³/mol. The molecule has 2 aromatic rings. The molecule has 6 heteroatoms. The van der Waals surface area contributed by atoms with Crippen molar-refractivity contribution in [2.24, 2.45) is 0 Å². The first-order valence-electron chi connectivity index (χ1n) is 8.13. The zero-order valence-corrected chi connectivity index (χ0v) is 16.6. The van der Waals surface area contributed by atoms with E-state index >= 15 is 0 Å². The van der Waals surface area contributed by atoms with Crippen molar-refractivity contribution in [3.63, 3.8) is 0 Å². The van der Waals surface area contributed by atoms with Crippen LogP contribution in [0.5, 0.6) is 0 Å². The first-order chi connectivity index (χ1) is 12.0. The van der Waals surface area contributed by atoms with Crippen molar-refractivity contribution in [3.8, 4) is 0 Å². The highest BCUT2D eigenvalue weighted by Gasteiger charge is 2.25. The molecule has 3 nitrogen and oxygen atoms in total. The fourth-order valence-corrected chi connectivity index (χ4v) is 3.43. The van der Waals surface area contributed by atoms with E-state index < -0.39 is 0 Å². The fraction of sp³-hybridized carbons (Fsp3) is 0.316. The zero-order valence-electron chi connectivity index (χ0n) is 13.6. The van der Waals surface area contributed by atoms with E-state index in [0.717, 1.165) is 29.4 Å². The lowest BCUT2D eigenvalue weighted by Crippen LogP contribution is -2.43. The minimum atomic E-state index is -0.0319. The summed E-state index contributed by atoms with van der Waals surface area (Å²) < 4.78 is 7.06. The van der Waals surface area contributed by atoms with Gasteiger partial charge in [0.25, 0.3) is 5.91 Å². The van der Waals surface area contributed by atoms with E-state index in [0.29, 0.717) is 28.8 Å². The van der Waals surface area contributed by atoms with Crippen LogP contribution in [0.3, 0.4) is 0 Å². The van der Waals surface area contributed by atoms with E-state index in [1.807, 2.05) is 29.2 Å². The average molecular weight is 443 g/mol. The number of ether oxygens (including phenoxy) is 1. The summed E-state index contributed by atoms with van der Waals surface area (Å²) in [5.74, 6) is -0.0319. The molecule has 0 radical (unpaired) electrons. The molecule has 0 unspecified atom stereocenters. The number of benzene rings is 2.